The zero-order chi connectivity index (χ0) is 49.2. The second-order valence-corrected chi connectivity index (χ2v) is 22.7. The molecule has 3 fully saturated rings. The molecule has 4 N–H and O–H groups in total. The molecule has 3 aliphatic carbocycles. The summed E-state index contributed by atoms with van der Waals surface area (Å²) in [5.41, 5.74) is 0.194. The van der Waals surface area contributed by atoms with Crippen molar-refractivity contribution in [2.45, 2.75) is 112 Å². The number of hydrogen-bond donors (Lipinski definition) is 3. The zero-order valence-electron chi connectivity index (χ0n) is 35.6. The number of amides is 1. The van der Waals surface area contributed by atoms with Gasteiger partial charge in [-0.15, -0.1) is 0 Å². The highest BCUT2D eigenvalue weighted by Gasteiger charge is 2.51. The minimum absolute atomic E-state index is 0.0257. The smallest absolute Gasteiger partial charge is 0.394 e. The molecule has 0 unspecified atom stereocenters. The molecule has 0 radical (unpaired) electrons. The summed E-state index contributed by atoms with van der Waals surface area (Å²) >= 11 is 6.65. The van der Waals surface area contributed by atoms with Crippen molar-refractivity contribution < 1.29 is 61.1 Å². The Balaban J connectivity index is 1.43. The summed E-state index contributed by atoms with van der Waals surface area (Å²) in [5.74, 6) is -2.25. The van der Waals surface area contributed by atoms with Crippen molar-refractivity contribution in [3.05, 3.63) is 87.3 Å². The second-order valence-electron chi connectivity index (χ2n) is 17.3. The van der Waals surface area contributed by atoms with Crippen molar-refractivity contribution in [1.29, 1.82) is 0 Å². The molecule has 2 aromatic heterocycles. The highest BCUT2D eigenvalue weighted by Crippen LogP contribution is 2.46. The van der Waals surface area contributed by atoms with Crippen LogP contribution in [0.15, 0.2) is 58.7 Å². The van der Waals surface area contributed by atoms with E-state index in [0.29, 0.717) is 31.7 Å². The fraction of sp³-hybridized carbons (Fsp3) is 0.442. The van der Waals surface area contributed by atoms with Crippen LogP contribution >= 0.6 is 11.6 Å². The average Bonchev–Trinajstić information content (AvgIpc) is 4.15. The molecule has 0 aliphatic heterocycles. The largest absolute Gasteiger partial charge is 0.431 e. The fourth-order valence-electron chi connectivity index (χ4n) is 7.60. The topological polar surface area (TPSA) is 179 Å². The molecule has 360 valence electrons. The number of aliphatic imine (C=N–C) groups is 1. The number of aromatic nitrogens is 3. The van der Waals surface area contributed by atoms with Gasteiger partial charge in [-0.25, -0.2) is 39.4 Å². The molecule has 3 saturated carbocycles. The Labute approximate surface area is 383 Å². The van der Waals surface area contributed by atoms with Crippen molar-refractivity contribution in [3.8, 4) is 23.0 Å². The summed E-state index contributed by atoms with van der Waals surface area (Å²) in [5, 5.41) is 5.78. The van der Waals surface area contributed by atoms with Crippen molar-refractivity contribution in [2.75, 3.05) is 11.3 Å². The van der Waals surface area contributed by atoms with Crippen LogP contribution in [-0.2, 0) is 37.6 Å². The van der Waals surface area contributed by atoms with Gasteiger partial charge in [-0.2, -0.15) is 27.1 Å². The number of carbonyl (C=O) groups excluding carboxylic acids is 1. The van der Waals surface area contributed by atoms with E-state index in [2.05, 4.69) is 37.0 Å². The summed E-state index contributed by atoms with van der Waals surface area (Å²) in [6, 6.07) is 6.01. The summed E-state index contributed by atoms with van der Waals surface area (Å²) in [4.78, 5) is 22.0. The predicted molar refractivity (Wildman–Crippen MR) is 232 cm³/mol. The summed E-state index contributed by atoms with van der Waals surface area (Å²) < 4.78 is 182. The Morgan fingerprint density at radius 3 is 2.25 bits per heavy atom. The normalized spacial score (nSPS) is 19.0. The van der Waals surface area contributed by atoms with E-state index in [1.54, 1.807) is 0 Å². The predicted octanol–water partition coefficient (Wildman–Crippen LogP) is 8.34. The fourth-order valence-corrected chi connectivity index (χ4v) is 10.9. The second kappa shape index (κ2) is 17.6. The molecule has 1 atom stereocenters. The molecule has 24 heteroatoms. The minimum atomic E-state index is -5.21. The van der Waals surface area contributed by atoms with Gasteiger partial charge in [0.25, 0.3) is 12.3 Å². The van der Waals surface area contributed by atoms with Crippen molar-refractivity contribution in [1.82, 2.24) is 20.1 Å². The molecule has 0 saturated heterocycles. The lowest BCUT2D eigenvalue weighted by molar-refractivity contribution is -0.120. The minimum Gasteiger partial charge on any atom is -0.394 e. The van der Waals surface area contributed by atoms with Gasteiger partial charge < -0.3 is 11.1 Å². The molecule has 12 nitrogen and oxygen atoms in total. The lowest BCUT2D eigenvalue weighted by Crippen LogP contribution is -2.34. The van der Waals surface area contributed by atoms with Gasteiger partial charge in [0.05, 0.1) is 37.7 Å². The van der Waals surface area contributed by atoms with Gasteiger partial charge in [0.1, 0.15) is 46.6 Å². The maximum absolute atomic E-state index is 15.0. The maximum Gasteiger partial charge on any atom is 0.431 e. The van der Waals surface area contributed by atoms with E-state index in [-0.39, 0.29) is 44.0 Å². The highest BCUT2D eigenvalue weighted by molar-refractivity contribution is 7.94. The number of benzene rings is 2. The quantitative estimate of drug-likeness (QED) is 0.0834. The van der Waals surface area contributed by atoms with Crippen LogP contribution in [0, 0.1) is 23.5 Å². The third-order valence-corrected chi connectivity index (χ3v) is 17.1. The van der Waals surface area contributed by atoms with Crippen LogP contribution in [0.5, 0.6) is 0 Å². The number of hydrogen-bond acceptors (Lipinski definition) is 9. The van der Waals surface area contributed by atoms with E-state index in [0.717, 1.165) is 16.8 Å². The van der Waals surface area contributed by atoms with Gasteiger partial charge >= 0.3 is 6.18 Å². The van der Waals surface area contributed by atoms with Crippen LogP contribution in [0.1, 0.15) is 82.3 Å². The molecule has 2 heterocycles. The van der Waals surface area contributed by atoms with E-state index >= 15 is 0 Å². The molecule has 7 rings (SSSR count). The summed E-state index contributed by atoms with van der Waals surface area (Å²) in [6.07, 6.45) is -9.29. The lowest BCUT2D eigenvalue weighted by Gasteiger charge is -2.23. The number of pyridine rings is 1. The van der Waals surface area contributed by atoms with Gasteiger partial charge in [-0.1, -0.05) is 23.6 Å². The van der Waals surface area contributed by atoms with E-state index in [9.17, 15) is 61.1 Å². The first-order valence-electron chi connectivity index (χ1n) is 20.5. The van der Waals surface area contributed by atoms with Crippen LogP contribution in [0.3, 0.4) is 0 Å². The van der Waals surface area contributed by atoms with Gasteiger partial charge in [-0.3, -0.25) is 19.2 Å². The van der Waals surface area contributed by atoms with Gasteiger partial charge in [0.2, 0.25) is 15.9 Å². The first kappa shape index (κ1) is 49.6. The first-order chi connectivity index (χ1) is 31.0. The van der Waals surface area contributed by atoms with Crippen LogP contribution < -0.4 is 15.8 Å². The van der Waals surface area contributed by atoms with Crippen molar-refractivity contribution in [2.24, 2.45) is 10.7 Å². The van der Waals surface area contributed by atoms with Gasteiger partial charge in [0.15, 0.2) is 15.7 Å². The Hall–Kier alpha value is -5.34. The first-order valence-corrected chi connectivity index (χ1v) is 23.9. The molecular formula is C43H41ClF9N7O5S2. The lowest BCUT2D eigenvalue weighted by atomic mass is 9.93. The molecule has 4 aromatic rings. The SMILES string of the molecule is CC1(S(=O)(=O)Nc2nn(CC(F)F)c3c(-c4ccc(C#CC(C)(C)S(=O)(=O)C5CC5)nc4[C@H](Cc4cc(F)cc(F)c4)NC(=O)CN=C4C(=C(N)C(F)(F)F)CCC4(F)F)ccc(Cl)c23)CC1. The molecule has 3 aliphatic rings. The van der Waals surface area contributed by atoms with E-state index in [1.165, 1.54) is 45.0 Å². The summed E-state index contributed by atoms with van der Waals surface area (Å²) in [7, 11) is -7.94. The molecule has 2 aromatic carbocycles. The number of nitrogens with one attached hydrogen (secondary N) is 2. The average molecular weight is 1010 g/mol. The van der Waals surface area contributed by atoms with Crippen LogP contribution in [0.25, 0.3) is 22.0 Å². The molecule has 0 bridgehead atoms. The van der Waals surface area contributed by atoms with E-state index < -0.39 is 132 Å². The molecular weight excluding hydrogens is 965 g/mol. The molecule has 1 amide bonds. The zero-order valence-corrected chi connectivity index (χ0v) is 38.0. The van der Waals surface area contributed by atoms with Crippen LogP contribution in [-0.4, -0.2) is 83.0 Å². The highest BCUT2D eigenvalue weighted by atomic mass is 35.5. The maximum atomic E-state index is 15.0. The molecule has 0 spiro atoms. The third kappa shape index (κ3) is 10.3. The number of alkyl halides is 7. The number of sulfonamides is 1. The Bertz CT molecular complexity index is 3010. The number of nitrogens with two attached hydrogens (primary N) is 1. The third-order valence-electron chi connectivity index (χ3n) is 11.7. The van der Waals surface area contributed by atoms with Crippen molar-refractivity contribution >= 4 is 59.8 Å². The number of nitrogens with zero attached hydrogens (tertiary/aromatic N) is 4. The number of allylic oxidation sites excluding steroid dienone is 2. The van der Waals surface area contributed by atoms with Crippen LogP contribution in [0.2, 0.25) is 5.02 Å². The van der Waals surface area contributed by atoms with E-state index in [4.69, 9.17) is 17.3 Å². The monoisotopic (exact) mass is 1010 g/mol. The summed E-state index contributed by atoms with van der Waals surface area (Å²) in [6.45, 7) is 1.90. The number of sulfone groups is 1. The number of fused-ring (bicyclic) bond motifs is 1. The van der Waals surface area contributed by atoms with Gasteiger partial charge in [-0.05, 0) is 101 Å². The Kier molecular flexibility index (Phi) is 13.0. The Morgan fingerprint density at radius 1 is 1.01 bits per heavy atom. The molecule has 67 heavy (non-hydrogen) atoms. The van der Waals surface area contributed by atoms with E-state index in [1.807, 2.05) is 0 Å². The number of anilines is 1. The number of halogens is 10. The van der Waals surface area contributed by atoms with Crippen molar-refractivity contribution in [3.63, 3.8) is 0 Å². The number of carbonyl (C=O) groups is 1. The number of rotatable bonds is 14. The van der Waals surface area contributed by atoms with Gasteiger partial charge in [0, 0.05) is 29.2 Å². The Morgan fingerprint density at radius 2 is 1.66 bits per heavy atom. The standard InChI is InChI=1S/C43H41ClF9N7O5S2/c1-40(2,66(62,63)26-5-6-26)12-10-25-4-7-27(28-8-9-30(44)34-36(28)60(21-32(47)48)58-39(34)59-67(64,65)41(3)14-15-41)35(56-25)31(18-22-16-23(45)19-24(46)17-22)57-33(61)20-55-38-29(11-13-42(38,49)50)37(54)43(51,52)53/h4,7-9,16-17,19,26,31-32H,5-6,11,13-15,18,20-21,54H2,1-3H3,(H,57,61)(H,58,59)/t31-/m0/s1. The van der Waals surface area contributed by atoms with Crippen LogP contribution in [0.4, 0.5) is 45.3 Å².